The molecule has 0 aliphatic rings. The number of halogens is 2. The van der Waals surface area contributed by atoms with Crippen LogP contribution in [0, 0.1) is 5.82 Å². The third-order valence-corrected chi connectivity index (χ3v) is 2.39. The van der Waals surface area contributed by atoms with Crippen LogP contribution < -0.4 is 11.1 Å². The fourth-order valence-corrected chi connectivity index (χ4v) is 1.44. The van der Waals surface area contributed by atoms with Crippen LogP contribution in [0.4, 0.5) is 15.8 Å². The van der Waals surface area contributed by atoms with Gasteiger partial charge < -0.3 is 11.1 Å². The normalized spacial score (nSPS) is 10.2. The lowest BCUT2D eigenvalue weighted by molar-refractivity contribution is 0.102. The van der Waals surface area contributed by atoms with Gasteiger partial charge in [-0.3, -0.25) is 9.89 Å². The van der Waals surface area contributed by atoms with Gasteiger partial charge in [0.15, 0.2) is 5.82 Å². The number of anilines is 2. The van der Waals surface area contributed by atoms with Crippen molar-refractivity contribution in [3.05, 3.63) is 40.9 Å². The molecule has 0 saturated heterocycles. The van der Waals surface area contributed by atoms with Crippen LogP contribution >= 0.6 is 11.6 Å². The fourth-order valence-electron chi connectivity index (χ4n) is 1.26. The number of nitrogens with two attached hydrogens (primary N) is 1. The molecule has 0 radical (unpaired) electrons. The Morgan fingerprint density at radius 2 is 2.29 bits per heavy atom. The Balaban J connectivity index is 2.25. The van der Waals surface area contributed by atoms with E-state index >= 15 is 0 Å². The van der Waals surface area contributed by atoms with Gasteiger partial charge in [-0.1, -0.05) is 17.7 Å². The Morgan fingerprint density at radius 3 is 2.94 bits per heavy atom. The zero-order valence-corrected chi connectivity index (χ0v) is 9.25. The van der Waals surface area contributed by atoms with Gasteiger partial charge in [0, 0.05) is 0 Å². The van der Waals surface area contributed by atoms with Crippen molar-refractivity contribution in [2.24, 2.45) is 0 Å². The van der Waals surface area contributed by atoms with Crippen molar-refractivity contribution in [2.45, 2.75) is 0 Å². The molecule has 5 nitrogen and oxygen atoms in total. The first kappa shape index (κ1) is 11.4. The number of nitrogen functional groups attached to an aromatic ring is 1. The van der Waals surface area contributed by atoms with Crippen LogP contribution in [-0.4, -0.2) is 16.1 Å². The minimum Gasteiger partial charge on any atom is -0.396 e. The van der Waals surface area contributed by atoms with Crippen molar-refractivity contribution in [2.75, 3.05) is 11.1 Å². The van der Waals surface area contributed by atoms with Crippen LogP contribution in [0.25, 0.3) is 0 Å². The smallest absolute Gasteiger partial charge is 0.275 e. The lowest BCUT2D eigenvalue weighted by Crippen LogP contribution is -2.15. The van der Waals surface area contributed by atoms with Gasteiger partial charge in [-0.15, -0.1) is 0 Å². The molecule has 1 amide bonds. The molecule has 0 aliphatic heterocycles. The Hall–Kier alpha value is -2.08. The Kier molecular flexibility index (Phi) is 2.97. The van der Waals surface area contributed by atoms with Crippen molar-refractivity contribution in [1.82, 2.24) is 10.2 Å². The third-order valence-electron chi connectivity index (χ3n) is 2.10. The zero-order chi connectivity index (χ0) is 12.4. The molecule has 4 N–H and O–H groups in total. The minimum atomic E-state index is -0.694. The van der Waals surface area contributed by atoms with E-state index < -0.39 is 11.7 Å². The maximum Gasteiger partial charge on any atom is 0.275 e. The molecule has 17 heavy (non-hydrogen) atoms. The maximum absolute atomic E-state index is 13.5. The molecule has 0 unspecified atom stereocenters. The van der Waals surface area contributed by atoms with E-state index in [1.165, 1.54) is 24.4 Å². The summed E-state index contributed by atoms with van der Waals surface area (Å²) in [5, 5.41) is 8.29. The van der Waals surface area contributed by atoms with E-state index in [0.29, 0.717) is 0 Å². The van der Waals surface area contributed by atoms with Gasteiger partial charge in [0.1, 0.15) is 5.69 Å². The molecule has 0 fully saturated rings. The number of nitrogens with zero attached hydrogens (tertiary/aromatic N) is 1. The molecule has 88 valence electrons. The summed E-state index contributed by atoms with van der Waals surface area (Å²) in [7, 11) is 0. The molecular formula is C10H8ClFN4O. The summed E-state index contributed by atoms with van der Waals surface area (Å²) < 4.78 is 13.5. The molecule has 1 aromatic heterocycles. The standard InChI is InChI=1S/C10H8ClFN4O/c11-5-2-1-3-7(8(5)12)15-10(17)9-6(13)4-14-16-9/h1-4H,13H2,(H,14,16)(H,15,17). The van der Waals surface area contributed by atoms with Gasteiger partial charge in [0.25, 0.3) is 5.91 Å². The van der Waals surface area contributed by atoms with E-state index in [4.69, 9.17) is 17.3 Å². The van der Waals surface area contributed by atoms with Gasteiger partial charge in [-0.2, -0.15) is 5.10 Å². The number of hydrogen-bond acceptors (Lipinski definition) is 3. The molecule has 1 heterocycles. The summed E-state index contributed by atoms with van der Waals surface area (Å²) in [5.74, 6) is -1.28. The predicted octanol–water partition coefficient (Wildman–Crippen LogP) is 2.04. The molecule has 0 spiro atoms. The number of nitrogens with one attached hydrogen (secondary N) is 2. The summed E-state index contributed by atoms with van der Waals surface area (Å²) in [4.78, 5) is 11.7. The number of H-pyrrole nitrogens is 1. The number of aromatic amines is 1. The maximum atomic E-state index is 13.5. The highest BCUT2D eigenvalue weighted by Crippen LogP contribution is 2.22. The van der Waals surface area contributed by atoms with Crippen LogP contribution in [0.15, 0.2) is 24.4 Å². The molecule has 0 aliphatic carbocycles. The van der Waals surface area contributed by atoms with Crippen LogP contribution in [0.1, 0.15) is 10.5 Å². The number of carbonyl (C=O) groups excluding carboxylic acids is 1. The number of rotatable bonds is 2. The summed E-state index contributed by atoms with van der Waals surface area (Å²) in [6.45, 7) is 0. The van der Waals surface area contributed by atoms with Crippen LogP contribution in [-0.2, 0) is 0 Å². The highest BCUT2D eigenvalue weighted by Gasteiger charge is 2.14. The van der Waals surface area contributed by atoms with Gasteiger partial charge in [0.05, 0.1) is 22.6 Å². The zero-order valence-electron chi connectivity index (χ0n) is 8.50. The van der Waals surface area contributed by atoms with E-state index in [1.807, 2.05) is 0 Å². The summed E-state index contributed by atoms with van der Waals surface area (Å²) in [5.41, 5.74) is 5.73. The Morgan fingerprint density at radius 1 is 1.53 bits per heavy atom. The fraction of sp³-hybridized carbons (Fsp3) is 0. The molecule has 2 aromatic rings. The van der Waals surface area contributed by atoms with Crippen molar-refractivity contribution in [3.8, 4) is 0 Å². The van der Waals surface area contributed by atoms with Crippen molar-refractivity contribution in [3.63, 3.8) is 0 Å². The van der Waals surface area contributed by atoms with Crippen molar-refractivity contribution in [1.29, 1.82) is 0 Å². The van der Waals surface area contributed by atoms with Gasteiger partial charge in [0.2, 0.25) is 0 Å². The first-order valence-corrected chi connectivity index (χ1v) is 5.01. The van der Waals surface area contributed by atoms with Crippen LogP contribution in [0.2, 0.25) is 5.02 Å². The molecule has 0 atom stereocenters. The van der Waals surface area contributed by atoms with Gasteiger partial charge >= 0.3 is 0 Å². The minimum absolute atomic E-state index is 0.0171. The van der Waals surface area contributed by atoms with E-state index in [0.717, 1.165) is 0 Å². The highest BCUT2D eigenvalue weighted by molar-refractivity contribution is 6.31. The SMILES string of the molecule is Nc1cn[nH]c1C(=O)Nc1cccc(Cl)c1F. The van der Waals surface area contributed by atoms with E-state index in [9.17, 15) is 9.18 Å². The van der Waals surface area contributed by atoms with Crippen LogP contribution in [0.5, 0.6) is 0 Å². The molecule has 2 rings (SSSR count). The first-order chi connectivity index (χ1) is 8.09. The second kappa shape index (κ2) is 4.42. The molecule has 1 aromatic carbocycles. The molecule has 0 saturated carbocycles. The second-order valence-corrected chi connectivity index (χ2v) is 3.66. The Labute approximate surface area is 101 Å². The largest absolute Gasteiger partial charge is 0.396 e. The van der Waals surface area contributed by atoms with Crippen molar-refractivity contribution >= 4 is 28.9 Å². The quantitative estimate of drug-likeness (QED) is 0.767. The number of hydrogen-bond donors (Lipinski definition) is 3. The van der Waals surface area contributed by atoms with Gasteiger partial charge in [-0.05, 0) is 12.1 Å². The molecular weight excluding hydrogens is 247 g/mol. The summed E-state index contributed by atoms with van der Waals surface area (Å²) >= 11 is 5.58. The lowest BCUT2D eigenvalue weighted by Gasteiger charge is -2.06. The van der Waals surface area contributed by atoms with Gasteiger partial charge in [-0.25, -0.2) is 4.39 Å². The number of carbonyl (C=O) groups is 1. The lowest BCUT2D eigenvalue weighted by atomic mass is 10.3. The monoisotopic (exact) mass is 254 g/mol. The average Bonchev–Trinajstić information content (AvgIpc) is 2.71. The summed E-state index contributed by atoms with van der Waals surface area (Å²) in [6.07, 6.45) is 1.29. The predicted molar refractivity (Wildman–Crippen MR) is 62.4 cm³/mol. The highest BCUT2D eigenvalue weighted by atomic mass is 35.5. The van der Waals surface area contributed by atoms with Crippen LogP contribution in [0.3, 0.4) is 0 Å². The number of benzene rings is 1. The van der Waals surface area contributed by atoms with E-state index in [1.54, 1.807) is 0 Å². The second-order valence-electron chi connectivity index (χ2n) is 3.26. The Bertz CT molecular complexity index is 569. The van der Waals surface area contributed by atoms with E-state index in [2.05, 4.69) is 15.5 Å². The number of amides is 1. The molecule has 0 bridgehead atoms. The van der Waals surface area contributed by atoms with Crippen molar-refractivity contribution < 1.29 is 9.18 Å². The number of aromatic nitrogens is 2. The topological polar surface area (TPSA) is 83.8 Å². The van der Waals surface area contributed by atoms with E-state index in [-0.39, 0.29) is 22.1 Å². The third kappa shape index (κ3) is 2.21. The summed E-state index contributed by atoms with van der Waals surface area (Å²) in [6, 6.07) is 4.31. The average molecular weight is 255 g/mol. The first-order valence-electron chi connectivity index (χ1n) is 4.64. The molecule has 7 heteroatoms.